The van der Waals surface area contributed by atoms with Gasteiger partial charge in [0.1, 0.15) is 11.5 Å². The molecule has 0 atom stereocenters. The SMILES string of the molecule is Cc1ncc2c(c1O)CCO2. The van der Waals surface area contributed by atoms with Gasteiger partial charge in [0.25, 0.3) is 0 Å². The molecular weight excluding hydrogens is 142 g/mol. The van der Waals surface area contributed by atoms with Crippen molar-refractivity contribution in [3.05, 3.63) is 17.5 Å². The van der Waals surface area contributed by atoms with Crippen LogP contribution in [0.25, 0.3) is 0 Å². The molecule has 0 fully saturated rings. The monoisotopic (exact) mass is 151 g/mol. The Balaban J connectivity index is 2.62. The minimum absolute atomic E-state index is 0.292. The van der Waals surface area contributed by atoms with Gasteiger partial charge in [0.2, 0.25) is 0 Å². The van der Waals surface area contributed by atoms with E-state index in [9.17, 15) is 5.11 Å². The molecule has 0 amide bonds. The highest BCUT2D eigenvalue weighted by Gasteiger charge is 2.17. The zero-order valence-electron chi connectivity index (χ0n) is 6.29. The van der Waals surface area contributed by atoms with Gasteiger partial charge in [-0.3, -0.25) is 4.98 Å². The molecule has 3 heteroatoms. The maximum Gasteiger partial charge on any atom is 0.144 e. The van der Waals surface area contributed by atoms with Crippen LogP contribution in [-0.2, 0) is 6.42 Å². The zero-order chi connectivity index (χ0) is 7.84. The Labute approximate surface area is 64.6 Å². The summed E-state index contributed by atoms with van der Waals surface area (Å²) >= 11 is 0. The van der Waals surface area contributed by atoms with Gasteiger partial charge in [0, 0.05) is 12.0 Å². The van der Waals surface area contributed by atoms with Gasteiger partial charge in [-0.15, -0.1) is 0 Å². The fourth-order valence-corrected chi connectivity index (χ4v) is 1.26. The van der Waals surface area contributed by atoms with Crippen LogP contribution in [0.5, 0.6) is 11.5 Å². The minimum Gasteiger partial charge on any atom is -0.506 e. The first kappa shape index (κ1) is 6.46. The molecule has 0 saturated carbocycles. The van der Waals surface area contributed by atoms with Crippen molar-refractivity contribution < 1.29 is 9.84 Å². The minimum atomic E-state index is 0.292. The summed E-state index contributed by atoms with van der Waals surface area (Å²) in [5.74, 6) is 1.02. The number of nitrogens with zero attached hydrogens (tertiary/aromatic N) is 1. The van der Waals surface area contributed by atoms with Crippen molar-refractivity contribution in [2.75, 3.05) is 6.61 Å². The van der Waals surface area contributed by atoms with Crippen molar-refractivity contribution in [3.63, 3.8) is 0 Å². The van der Waals surface area contributed by atoms with Gasteiger partial charge in [-0.25, -0.2) is 0 Å². The lowest BCUT2D eigenvalue weighted by Gasteiger charge is -2.01. The lowest BCUT2D eigenvalue weighted by atomic mass is 10.1. The third-order valence-electron chi connectivity index (χ3n) is 1.91. The van der Waals surface area contributed by atoms with E-state index < -0.39 is 0 Å². The molecule has 0 aliphatic carbocycles. The summed E-state index contributed by atoms with van der Waals surface area (Å²) in [6.07, 6.45) is 2.46. The van der Waals surface area contributed by atoms with Crippen LogP contribution in [0.15, 0.2) is 6.20 Å². The van der Waals surface area contributed by atoms with Crippen LogP contribution in [0.1, 0.15) is 11.3 Å². The predicted molar refractivity (Wildman–Crippen MR) is 39.8 cm³/mol. The van der Waals surface area contributed by atoms with Crippen LogP contribution in [-0.4, -0.2) is 16.7 Å². The third-order valence-corrected chi connectivity index (χ3v) is 1.91. The molecule has 58 valence electrons. The van der Waals surface area contributed by atoms with Crippen molar-refractivity contribution in [2.24, 2.45) is 0 Å². The molecule has 3 nitrogen and oxygen atoms in total. The normalized spacial score (nSPS) is 14.3. The molecule has 1 aliphatic heterocycles. The molecule has 0 radical (unpaired) electrons. The topological polar surface area (TPSA) is 42.4 Å². The summed E-state index contributed by atoms with van der Waals surface area (Å²) < 4.78 is 5.21. The van der Waals surface area contributed by atoms with Crippen molar-refractivity contribution in [3.8, 4) is 11.5 Å². The summed E-state index contributed by atoms with van der Waals surface area (Å²) in [7, 11) is 0. The fourth-order valence-electron chi connectivity index (χ4n) is 1.26. The standard InChI is InChI=1S/C8H9NO2/c1-5-8(10)6-2-3-11-7(6)4-9-5/h4,10H,2-3H2,1H3. The zero-order valence-corrected chi connectivity index (χ0v) is 6.29. The molecule has 1 aliphatic rings. The molecule has 1 aromatic heterocycles. The van der Waals surface area contributed by atoms with Gasteiger partial charge in [-0.1, -0.05) is 0 Å². The third kappa shape index (κ3) is 0.843. The first-order valence-electron chi connectivity index (χ1n) is 3.59. The number of fused-ring (bicyclic) bond motifs is 1. The van der Waals surface area contributed by atoms with Crippen LogP contribution in [0.3, 0.4) is 0 Å². The van der Waals surface area contributed by atoms with Gasteiger partial charge in [0.05, 0.1) is 18.5 Å². The molecule has 0 bridgehead atoms. The van der Waals surface area contributed by atoms with Gasteiger partial charge >= 0.3 is 0 Å². The number of hydrogen-bond acceptors (Lipinski definition) is 3. The predicted octanol–water partition coefficient (Wildman–Crippen LogP) is 1.03. The van der Waals surface area contributed by atoms with E-state index in [2.05, 4.69) is 4.98 Å². The molecule has 0 saturated heterocycles. The van der Waals surface area contributed by atoms with Crippen LogP contribution >= 0.6 is 0 Å². The van der Waals surface area contributed by atoms with E-state index in [-0.39, 0.29) is 0 Å². The highest BCUT2D eigenvalue weighted by molar-refractivity contribution is 5.46. The van der Waals surface area contributed by atoms with E-state index in [1.807, 2.05) is 0 Å². The van der Waals surface area contributed by atoms with E-state index in [1.54, 1.807) is 13.1 Å². The van der Waals surface area contributed by atoms with Gasteiger partial charge in [-0.05, 0) is 6.92 Å². The van der Waals surface area contributed by atoms with E-state index in [4.69, 9.17) is 4.74 Å². The van der Waals surface area contributed by atoms with E-state index in [1.165, 1.54) is 0 Å². The molecule has 1 N–H and O–H groups in total. The number of ether oxygens (including phenoxy) is 1. The molecule has 0 spiro atoms. The average Bonchev–Trinajstić information content (AvgIpc) is 2.45. The molecule has 2 heterocycles. The highest BCUT2D eigenvalue weighted by Crippen LogP contribution is 2.33. The largest absolute Gasteiger partial charge is 0.506 e. The van der Waals surface area contributed by atoms with E-state index >= 15 is 0 Å². The Bertz CT molecular complexity index is 296. The molecule has 1 aromatic rings. The number of rotatable bonds is 0. The maximum atomic E-state index is 9.48. The Hall–Kier alpha value is -1.25. The number of pyridine rings is 1. The van der Waals surface area contributed by atoms with Crippen LogP contribution in [0, 0.1) is 6.92 Å². The Morgan fingerprint density at radius 1 is 1.64 bits per heavy atom. The van der Waals surface area contributed by atoms with Gasteiger partial charge in [0.15, 0.2) is 0 Å². The fraction of sp³-hybridized carbons (Fsp3) is 0.375. The molecule has 2 rings (SSSR count). The number of aromatic nitrogens is 1. The summed E-state index contributed by atoms with van der Waals surface area (Å²) in [6, 6.07) is 0. The van der Waals surface area contributed by atoms with Crippen molar-refractivity contribution in [1.29, 1.82) is 0 Å². The molecular formula is C8H9NO2. The quantitative estimate of drug-likeness (QED) is 0.602. The number of aryl methyl sites for hydroxylation is 1. The lowest BCUT2D eigenvalue weighted by Crippen LogP contribution is -1.86. The highest BCUT2D eigenvalue weighted by atomic mass is 16.5. The second-order valence-electron chi connectivity index (χ2n) is 2.63. The second kappa shape index (κ2) is 2.12. The van der Waals surface area contributed by atoms with Crippen molar-refractivity contribution in [1.82, 2.24) is 4.98 Å². The lowest BCUT2D eigenvalue weighted by molar-refractivity contribution is 0.355. The smallest absolute Gasteiger partial charge is 0.144 e. The Kier molecular flexibility index (Phi) is 1.24. The number of hydrogen-bond donors (Lipinski definition) is 1. The van der Waals surface area contributed by atoms with Crippen LogP contribution in [0.4, 0.5) is 0 Å². The second-order valence-corrected chi connectivity index (χ2v) is 2.63. The van der Waals surface area contributed by atoms with E-state index in [0.717, 1.165) is 17.7 Å². The maximum absolute atomic E-state index is 9.48. The van der Waals surface area contributed by atoms with Crippen LogP contribution < -0.4 is 4.74 Å². The van der Waals surface area contributed by atoms with Crippen molar-refractivity contribution >= 4 is 0 Å². The summed E-state index contributed by atoms with van der Waals surface area (Å²) in [4.78, 5) is 3.98. The van der Waals surface area contributed by atoms with Crippen LogP contribution in [0.2, 0.25) is 0 Å². The average molecular weight is 151 g/mol. The first-order valence-corrected chi connectivity index (χ1v) is 3.59. The summed E-state index contributed by atoms with van der Waals surface area (Å²) in [5.41, 5.74) is 1.58. The summed E-state index contributed by atoms with van der Waals surface area (Å²) in [5, 5.41) is 9.48. The Morgan fingerprint density at radius 3 is 3.27 bits per heavy atom. The first-order chi connectivity index (χ1) is 5.29. The van der Waals surface area contributed by atoms with Gasteiger partial charge in [-0.2, -0.15) is 0 Å². The van der Waals surface area contributed by atoms with Gasteiger partial charge < -0.3 is 9.84 Å². The molecule has 0 unspecified atom stereocenters. The summed E-state index contributed by atoms with van der Waals surface area (Å²) in [6.45, 7) is 2.45. The molecule has 11 heavy (non-hydrogen) atoms. The van der Waals surface area contributed by atoms with E-state index in [0.29, 0.717) is 18.1 Å². The Morgan fingerprint density at radius 2 is 2.45 bits per heavy atom. The molecule has 0 aromatic carbocycles. The number of aromatic hydroxyl groups is 1. The van der Waals surface area contributed by atoms with Crippen molar-refractivity contribution in [2.45, 2.75) is 13.3 Å².